The minimum absolute atomic E-state index is 0.0194. The highest BCUT2D eigenvalue weighted by atomic mass is 32.2. The number of nitrogens with two attached hydrogens (primary N) is 1. The Morgan fingerprint density at radius 2 is 1.69 bits per heavy atom. The fourth-order valence-electron chi connectivity index (χ4n) is 3.22. The summed E-state index contributed by atoms with van der Waals surface area (Å²) in [7, 11) is 0. The molecule has 196 valence electrons. The molecule has 0 saturated carbocycles. The molecule has 0 aliphatic heterocycles. The normalized spacial score (nSPS) is 14.2. The third-order valence-electron chi connectivity index (χ3n) is 5.32. The van der Waals surface area contributed by atoms with E-state index in [0.717, 1.165) is 0 Å². The summed E-state index contributed by atoms with van der Waals surface area (Å²) in [5.74, 6) is -2.38. The number of nitrogens with zero attached hydrogens (tertiary/aromatic N) is 1. The molecule has 12 nitrogen and oxygen atoms in total. The van der Waals surface area contributed by atoms with Gasteiger partial charge in [0.25, 0.3) is 0 Å². The summed E-state index contributed by atoms with van der Waals surface area (Å²) in [6.07, 6.45) is 5.34. The van der Waals surface area contributed by atoms with Crippen molar-refractivity contribution >= 4 is 35.5 Å². The summed E-state index contributed by atoms with van der Waals surface area (Å²) < 4.78 is 0. The number of amides is 3. The molecule has 4 atom stereocenters. The zero-order valence-electron chi connectivity index (χ0n) is 20.1. The summed E-state index contributed by atoms with van der Waals surface area (Å²) in [6, 6.07) is 1.75. The molecule has 2 rings (SSSR count). The number of aromatic nitrogens is 2. The molecule has 4 unspecified atom stereocenters. The molecule has 0 aliphatic rings. The van der Waals surface area contributed by atoms with E-state index in [2.05, 4.69) is 25.9 Å². The van der Waals surface area contributed by atoms with Gasteiger partial charge >= 0.3 is 5.97 Å². The number of aromatic hydroxyl groups is 1. The van der Waals surface area contributed by atoms with Crippen LogP contribution in [0.2, 0.25) is 0 Å². The first-order valence-corrected chi connectivity index (χ1v) is 12.6. The largest absolute Gasteiger partial charge is 0.508 e. The molecule has 0 saturated heterocycles. The molecule has 0 aliphatic carbocycles. The van der Waals surface area contributed by atoms with Crippen molar-refractivity contribution in [3.63, 3.8) is 0 Å². The van der Waals surface area contributed by atoms with Gasteiger partial charge in [-0.25, -0.2) is 9.78 Å². The monoisotopic (exact) mass is 520 g/mol. The number of hydrogen-bond acceptors (Lipinski definition) is 8. The van der Waals surface area contributed by atoms with Crippen molar-refractivity contribution in [1.29, 1.82) is 0 Å². The number of carbonyl (C=O) groups excluding carboxylic acids is 3. The number of aliphatic carboxylic acids is 1. The molecule has 1 aromatic carbocycles. The summed E-state index contributed by atoms with van der Waals surface area (Å²) in [4.78, 5) is 56.6. The number of phenolic OH excluding ortho intramolecular Hbond substituents is 1. The van der Waals surface area contributed by atoms with Crippen LogP contribution in [0.25, 0.3) is 0 Å². The highest BCUT2D eigenvalue weighted by Gasteiger charge is 2.29. The number of H-pyrrole nitrogens is 1. The summed E-state index contributed by atoms with van der Waals surface area (Å²) >= 11 is 1.55. The predicted molar refractivity (Wildman–Crippen MR) is 134 cm³/mol. The molecule has 0 spiro atoms. The zero-order chi connectivity index (χ0) is 26.7. The summed E-state index contributed by atoms with van der Waals surface area (Å²) in [5.41, 5.74) is 7.10. The van der Waals surface area contributed by atoms with Crippen LogP contribution in [0.1, 0.15) is 24.6 Å². The highest BCUT2D eigenvalue weighted by molar-refractivity contribution is 7.98. The van der Waals surface area contributed by atoms with Crippen LogP contribution in [-0.2, 0) is 32.0 Å². The fraction of sp³-hybridized carbons (Fsp3) is 0.435. The Balaban J connectivity index is 2.03. The maximum Gasteiger partial charge on any atom is 0.326 e. The van der Waals surface area contributed by atoms with Gasteiger partial charge in [-0.15, -0.1) is 0 Å². The average molecular weight is 521 g/mol. The van der Waals surface area contributed by atoms with Crippen LogP contribution in [-0.4, -0.2) is 80.0 Å². The van der Waals surface area contributed by atoms with E-state index in [-0.39, 0.29) is 18.6 Å². The number of phenols is 1. The van der Waals surface area contributed by atoms with Gasteiger partial charge in [0.15, 0.2) is 0 Å². The zero-order valence-corrected chi connectivity index (χ0v) is 20.9. The van der Waals surface area contributed by atoms with Crippen LogP contribution in [0.3, 0.4) is 0 Å². The molecule has 0 radical (unpaired) electrons. The van der Waals surface area contributed by atoms with Crippen LogP contribution >= 0.6 is 11.8 Å². The van der Waals surface area contributed by atoms with Crippen molar-refractivity contribution in [1.82, 2.24) is 25.9 Å². The maximum absolute atomic E-state index is 13.0. The first-order valence-electron chi connectivity index (χ1n) is 11.2. The number of carboxylic acids is 1. The quantitative estimate of drug-likeness (QED) is 0.172. The van der Waals surface area contributed by atoms with Gasteiger partial charge in [0.1, 0.15) is 23.9 Å². The number of carboxylic acid groups (broad SMARTS) is 1. The fourth-order valence-corrected chi connectivity index (χ4v) is 3.71. The van der Waals surface area contributed by atoms with E-state index >= 15 is 0 Å². The van der Waals surface area contributed by atoms with Crippen LogP contribution < -0.4 is 21.7 Å². The lowest BCUT2D eigenvalue weighted by atomic mass is 10.1. The first kappa shape index (κ1) is 28.7. The third kappa shape index (κ3) is 9.23. The maximum atomic E-state index is 13.0. The first-order chi connectivity index (χ1) is 17.1. The Kier molecular flexibility index (Phi) is 11.2. The van der Waals surface area contributed by atoms with Gasteiger partial charge in [0.2, 0.25) is 17.7 Å². The molecule has 36 heavy (non-hydrogen) atoms. The van der Waals surface area contributed by atoms with Gasteiger partial charge in [-0.05, 0) is 43.0 Å². The number of benzene rings is 1. The second-order valence-electron chi connectivity index (χ2n) is 8.23. The van der Waals surface area contributed by atoms with Crippen LogP contribution in [0, 0.1) is 0 Å². The van der Waals surface area contributed by atoms with Crippen molar-refractivity contribution in [3.05, 3.63) is 48.0 Å². The Labute approximate surface area is 212 Å². The van der Waals surface area contributed by atoms with Crippen LogP contribution in [0.15, 0.2) is 36.8 Å². The molecule has 2 aromatic rings. The van der Waals surface area contributed by atoms with Gasteiger partial charge in [0, 0.05) is 24.7 Å². The number of aromatic amines is 1. The van der Waals surface area contributed by atoms with E-state index in [4.69, 9.17) is 5.73 Å². The van der Waals surface area contributed by atoms with Gasteiger partial charge in [0.05, 0.1) is 12.4 Å². The third-order valence-corrected chi connectivity index (χ3v) is 5.97. The molecule has 1 heterocycles. The standard InChI is InChI=1S/C23H32N6O6S/c1-13(20(31)29-19(23(34)35)9-14-3-5-16(30)6-4-14)27-22(33)18(10-15-11-25-12-26-15)28-21(32)17(24)7-8-36-2/h3-6,11-13,17-19,30H,7-10,24H2,1-2H3,(H,25,26)(H,27,33)(H,28,32)(H,29,31)(H,34,35). The lowest BCUT2D eigenvalue weighted by Gasteiger charge is -2.23. The molecule has 0 fully saturated rings. The Hall–Kier alpha value is -3.58. The number of imidazole rings is 1. The van der Waals surface area contributed by atoms with E-state index in [0.29, 0.717) is 23.4 Å². The molecule has 1 aromatic heterocycles. The smallest absolute Gasteiger partial charge is 0.326 e. The van der Waals surface area contributed by atoms with E-state index in [1.807, 2.05) is 6.26 Å². The molecule has 0 bridgehead atoms. The predicted octanol–water partition coefficient (Wildman–Crippen LogP) is -0.460. The van der Waals surface area contributed by atoms with E-state index < -0.39 is 47.9 Å². The van der Waals surface area contributed by atoms with Crippen molar-refractivity contribution in [2.45, 2.75) is 50.4 Å². The average Bonchev–Trinajstić information content (AvgIpc) is 3.35. The Morgan fingerprint density at radius 3 is 2.28 bits per heavy atom. The number of hydrogen-bond donors (Lipinski definition) is 7. The molecular weight excluding hydrogens is 488 g/mol. The summed E-state index contributed by atoms with van der Waals surface area (Å²) in [6.45, 7) is 1.41. The van der Waals surface area contributed by atoms with E-state index in [1.165, 1.54) is 31.6 Å². The number of rotatable bonds is 14. The number of nitrogens with one attached hydrogen (secondary N) is 4. The minimum atomic E-state index is -1.25. The molecule has 13 heteroatoms. The van der Waals surface area contributed by atoms with Gasteiger partial charge in [-0.3, -0.25) is 14.4 Å². The van der Waals surface area contributed by atoms with Gasteiger partial charge in [-0.2, -0.15) is 11.8 Å². The van der Waals surface area contributed by atoms with Crippen LogP contribution in [0.4, 0.5) is 0 Å². The lowest BCUT2D eigenvalue weighted by Crippen LogP contribution is -2.57. The van der Waals surface area contributed by atoms with Crippen molar-refractivity contribution in [2.75, 3.05) is 12.0 Å². The topological polar surface area (TPSA) is 200 Å². The highest BCUT2D eigenvalue weighted by Crippen LogP contribution is 2.11. The molecule has 3 amide bonds. The van der Waals surface area contributed by atoms with Crippen molar-refractivity contribution in [3.8, 4) is 5.75 Å². The van der Waals surface area contributed by atoms with E-state index in [9.17, 15) is 29.4 Å². The minimum Gasteiger partial charge on any atom is -0.508 e. The number of carbonyl (C=O) groups is 4. The van der Waals surface area contributed by atoms with Gasteiger partial charge < -0.3 is 36.9 Å². The Morgan fingerprint density at radius 1 is 1.03 bits per heavy atom. The van der Waals surface area contributed by atoms with Crippen molar-refractivity contribution in [2.24, 2.45) is 5.73 Å². The SMILES string of the molecule is CSCCC(N)C(=O)NC(Cc1cnc[nH]1)C(=O)NC(C)C(=O)NC(Cc1ccc(O)cc1)C(=O)O. The van der Waals surface area contributed by atoms with Crippen molar-refractivity contribution < 1.29 is 29.4 Å². The van der Waals surface area contributed by atoms with E-state index in [1.54, 1.807) is 23.9 Å². The number of thioether (sulfide) groups is 1. The lowest BCUT2D eigenvalue weighted by molar-refractivity contribution is -0.142. The second-order valence-corrected chi connectivity index (χ2v) is 9.22. The molecule has 8 N–H and O–H groups in total. The second kappa shape index (κ2) is 14.1. The summed E-state index contributed by atoms with van der Waals surface area (Å²) in [5, 5.41) is 26.5. The van der Waals surface area contributed by atoms with Gasteiger partial charge in [-0.1, -0.05) is 12.1 Å². The van der Waals surface area contributed by atoms with Crippen LogP contribution in [0.5, 0.6) is 5.75 Å². The molecular formula is C23H32N6O6S. The Bertz CT molecular complexity index is 1020.